The van der Waals surface area contributed by atoms with Crippen molar-refractivity contribution in [3.63, 3.8) is 0 Å². The van der Waals surface area contributed by atoms with E-state index in [1.54, 1.807) is 32.9 Å². The summed E-state index contributed by atoms with van der Waals surface area (Å²) in [6, 6.07) is 4.71. The third-order valence-corrected chi connectivity index (χ3v) is 4.15. The Kier molecular flexibility index (Phi) is 5.44. The highest BCUT2D eigenvalue weighted by Gasteiger charge is 2.45. The summed E-state index contributed by atoms with van der Waals surface area (Å²) in [5.41, 5.74) is 5.47. The van der Waals surface area contributed by atoms with E-state index in [1.165, 1.54) is 7.11 Å². The third-order valence-electron chi connectivity index (χ3n) is 4.15. The number of hydrogen-bond acceptors (Lipinski definition) is 5. The van der Waals surface area contributed by atoms with Gasteiger partial charge in [-0.2, -0.15) is 0 Å². The molecule has 0 aromatic heterocycles. The first-order valence-electron chi connectivity index (χ1n) is 8.33. The van der Waals surface area contributed by atoms with Crippen molar-refractivity contribution in [1.29, 1.82) is 0 Å². The van der Waals surface area contributed by atoms with Crippen LogP contribution in [-0.4, -0.2) is 36.3 Å². The topological polar surface area (TPSA) is 120 Å². The van der Waals surface area contributed by atoms with Crippen LogP contribution in [0.25, 0.3) is 0 Å². The molecule has 26 heavy (non-hydrogen) atoms. The van der Waals surface area contributed by atoms with Crippen molar-refractivity contribution in [2.24, 2.45) is 5.73 Å². The zero-order valence-electron chi connectivity index (χ0n) is 15.5. The minimum absolute atomic E-state index is 0.157. The molecule has 1 aliphatic carbocycles. The van der Waals surface area contributed by atoms with Crippen molar-refractivity contribution in [1.82, 2.24) is 5.32 Å². The van der Waals surface area contributed by atoms with Gasteiger partial charge < -0.3 is 25.8 Å². The van der Waals surface area contributed by atoms with E-state index >= 15 is 0 Å². The van der Waals surface area contributed by atoms with Crippen LogP contribution in [0, 0.1) is 0 Å². The summed E-state index contributed by atoms with van der Waals surface area (Å²) in [5.74, 6) is -0.567. The van der Waals surface area contributed by atoms with Crippen LogP contribution < -0.4 is 16.4 Å². The van der Waals surface area contributed by atoms with Crippen LogP contribution in [0.3, 0.4) is 0 Å². The van der Waals surface area contributed by atoms with Crippen molar-refractivity contribution >= 4 is 23.8 Å². The summed E-state index contributed by atoms with van der Waals surface area (Å²) >= 11 is 0. The largest absolute Gasteiger partial charge is 0.467 e. The number of nitrogens with two attached hydrogens (primary N) is 1. The quantitative estimate of drug-likeness (QED) is 0.711. The molecule has 0 saturated carbocycles. The van der Waals surface area contributed by atoms with Gasteiger partial charge in [-0.1, -0.05) is 12.1 Å². The number of benzene rings is 1. The standard InChI is InChI=1S/C18H25N3O5/c1-17(2,3)26-16(24)21-18(14(22)25-4)9-8-11-6-5-7-13(12(11)10-18)20-15(19)23/h5-7H,8-10H2,1-4H3,(H,21,24)(H3,19,20,23). The van der Waals surface area contributed by atoms with Gasteiger partial charge in [0.1, 0.15) is 11.1 Å². The van der Waals surface area contributed by atoms with E-state index in [2.05, 4.69) is 10.6 Å². The SMILES string of the molecule is COC(=O)C1(NC(=O)OC(C)(C)C)CCc2cccc(NC(N)=O)c2C1. The lowest BCUT2D eigenvalue weighted by molar-refractivity contribution is -0.149. The molecule has 3 amide bonds. The minimum Gasteiger partial charge on any atom is -0.467 e. The van der Waals surface area contributed by atoms with E-state index < -0.39 is 29.2 Å². The molecular weight excluding hydrogens is 338 g/mol. The van der Waals surface area contributed by atoms with Gasteiger partial charge in [-0.15, -0.1) is 0 Å². The Morgan fingerprint density at radius 1 is 1.23 bits per heavy atom. The zero-order chi connectivity index (χ0) is 19.5. The lowest BCUT2D eigenvalue weighted by Crippen LogP contribution is -2.59. The summed E-state index contributed by atoms with van der Waals surface area (Å²) in [4.78, 5) is 36.1. The molecule has 4 N–H and O–H groups in total. The fourth-order valence-electron chi connectivity index (χ4n) is 3.09. The number of anilines is 1. The van der Waals surface area contributed by atoms with Gasteiger partial charge in [0.15, 0.2) is 0 Å². The molecule has 1 atom stereocenters. The van der Waals surface area contributed by atoms with E-state index in [1.807, 2.05) is 6.07 Å². The number of urea groups is 1. The lowest BCUT2D eigenvalue weighted by Gasteiger charge is -2.37. The number of hydrogen-bond donors (Lipinski definition) is 3. The molecule has 1 aromatic rings. The Morgan fingerprint density at radius 3 is 2.50 bits per heavy atom. The van der Waals surface area contributed by atoms with Gasteiger partial charge in [-0.05, 0) is 50.8 Å². The van der Waals surface area contributed by atoms with Crippen LogP contribution in [0.15, 0.2) is 18.2 Å². The van der Waals surface area contributed by atoms with Gasteiger partial charge in [-0.3, -0.25) is 0 Å². The monoisotopic (exact) mass is 363 g/mol. The van der Waals surface area contributed by atoms with E-state index in [0.717, 1.165) is 11.1 Å². The molecule has 2 rings (SSSR count). The van der Waals surface area contributed by atoms with Crippen molar-refractivity contribution in [3.8, 4) is 0 Å². The summed E-state index contributed by atoms with van der Waals surface area (Å²) in [7, 11) is 1.27. The summed E-state index contributed by atoms with van der Waals surface area (Å²) in [6.07, 6.45) is 0.331. The number of amides is 3. The predicted molar refractivity (Wildman–Crippen MR) is 95.8 cm³/mol. The number of esters is 1. The maximum atomic E-state index is 12.5. The van der Waals surface area contributed by atoms with Gasteiger partial charge in [-0.25, -0.2) is 14.4 Å². The molecule has 0 bridgehead atoms. The Bertz CT molecular complexity index is 726. The molecule has 1 unspecified atom stereocenters. The molecular formula is C18H25N3O5. The molecule has 0 radical (unpaired) electrons. The molecule has 0 spiro atoms. The summed E-state index contributed by atoms with van der Waals surface area (Å²) < 4.78 is 10.2. The fraction of sp³-hybridized carbons (Fsp3) is 0.500. The second-order valence-electron chi connectivity index (χ2n) is 7.31. The molecule has 0 fully saturated rings. The smallest absolute Gasteiger partial charge is 0.408 e. The second-order valence-corrected chi connectivity index (χ2v) is 7.31. The van der Waals surface area contributed by atoms with E-state index in [4.69, 9.17) is 15.2 Å². The highest BCUT2D eigenvalue weighted by Crippen LogP contribution is 2.34. The molecule has 8 nitrogen and oxygen atoms in total. The number of carbonyl (C=O) groups excluding carboxylic acids is 3. The molecule has 0 heterocycles. The summed E-state index contributed by atoms with van der Waals surface area (Å²) in [6.45, 7) is 5.22. The maximum Gasteiger partial charge on any atom is 0.408 e. The molecule has 8 heteroatoms. The number of carbonyl (C=O) groups is 3. The molecule has 1 aliphatic rings. The zero-order valence-corrected chi connectivity index (χ0v) is 15.5. The van der Waals surface area contributed by atoms with E-state index in [-0.39, 0.29) is 6.42 Å². The Balaban J connectivity index is 2.37. The van der Waals surface area contributed by atoms with Crippen molar-refractivity contribution in [2.75, 3.05) is 12.4 Å². The van der Waals surface area contributed by atoms with Gasteiger partial charge in [0.05, 0.1) is 7.11 Å². The number of ether oxygens (including phenoxy) is 2. The fourth-order valence-corrected chi connectivity index (χ4v) is 3.09. The van der Waals surface area contributed by atoms with Gasteiger partial charge in [0, 0.05) is 12.1 Å². The average molecular weight is 363 g/mol. The van der Waals surface area contributed by atoms with Gasteiger partial charge in [0.25, 0.3) is 0 Å². The molecule has 0 aliphatic heterocycles. The van der Waals surface area contributed by atoms with Crippen LogP contribution >= 0.6 is 0 Å². The Hall–Kier alpha value is -2.77. The van der Waals surface area contributed by atoms with Crippen LogP contribution in [-0.2, 0) is 27.1 Å². The van der Waals surface area contributed by atoms with Gasteiger partial charge in [0.2, 0.25) is 0 Å². The number of primary amides is 1. The van der Waals surface area contributed by atoms with Crippen LogP contribution in [0.4, 0.5) is 15.3 Å². The molecule has 142 valence electrons. The summed E-state index contributed by atoms with van der Waals surface area (Å²) in [5, 5.41) is 5.24. The number of rotatable bonds is 3. The van der Waals surface area contributed by atoms with Crippen LogP contribution in [0.1, 0.15) is 38.3 Å². The van der Waals surface area contributed by atoms with E-state index in [9.17, 15) is 14.4 Å². The first-order chi connectivity index (χ1) is 12.1. The lowest BCUT2D eigenvalue weighted by atomic mass is 9.77. The van der Waals surface area contributed by atoms with Crippen LogP contribution in [0.2, 0.25) is 0 Å². The Morgan fingerprint density at radius 2 is 1.92 bits per heavy atom. The number of methoxy groups -OCH3 is 1. The number of aryl methyl sites for hydroxylation is 1. The van der Waals surface area contributed by atoms with Crippen molar-refractivity contribution in [3.05, 3.63) is 29.3 Å². The molecule has 1 aromatic carbocycles. The maximum absolute atomic E-state index is 12.5. The average Bonchev–Trinajstić information content (AvgIpc) is 2.52. The van der Waals surface area contributed by atoms with Gasteiger partial charge >= 0.3 is 18.1 Å². The molecule has 0 saturated heterocycles. The number of alkyl carbamates (subject to hydrolysis) is 1. The predicted octanol–water partition coefficient (Wildman–Crippen LogP) is 2.10. The first kappa shape index (κ1) is 19.6. The highest BCUT2D eigenvalue weighted by atomic mass is 16.6. The van der Waals surface area contributed by atoms with Crippen LogP contribution in [0.5, 0.6) is 0 Å². The Labute approximate surface area is 152 Å². The first-order valence-corrected chi connectivity index (χ1v) is 8.33. The second kappa shape index (κ2) is 7.23. The van der Waals surface area contributed by atoms with E-state index in [0.29, 0.717) is 18.5 Å². The highest BCUT2D eigenvalue weighted by molar-refractivity contribution is 5.91. The number of fused-ring (bicyclic) bond motifs is 1. The number of nitrogens with one attached hydrogen (secondary N) is 2. The minimum atomic E-state index is -1.28. The van der Waals surface area contributed by atoms with Crippen molar-refractivity contribution in [2.45, 2.75) is 51.2 Å². The normalized spacial score (nSPS) is 19.1. The third kappa shape index (κ3) is 4.44. The van der Waals surface area contributed by atoms with Crippen molar-refractivity contribution < 1.29 is 23.9 Å².